The molecule has 13 heavy (non-hydrogen) atoms. The standard InChI is InChI=1S/C9H17NO3/c1-4-5-6-8(13-3)10-7(2)9(11)12/h7H,4-6H2,1-3H3,(H,11,12). The van der Waals surface area contributed by atoms with Gasteiger partial charge in [-0.3, -0.25) is 0 Å². The molecule has 0 fully saturated rings. The zero-order chi connectivity index (χ0) is 10.3. The predicted octanol–water partition coefficient (Wildman–Crippen LogP) is 1.69. The number of carboxylic acids is 1. The minimum atomic E-state index is -0.925. The van der Waals surface area contributed by atoms with Gasteiger partial charge in [0.25, 0.3) is 0 Å². The zero-order valence-corrected chi connectivity index (χ0v) is 8.41. The second-order valence-corrected chi connectivity index (χ2v) is 2.84. The Balaban J connectivity index is 4.11. The Morgan fingerprint density at radius 2 is 2.23 bits per heavy atom. The third kappa shape index (κ3) is 5.22. The van der Waals surface area contributed by atoms with E-state index in [4.69, 9.17) is 9.84 Å². The van der Waals surface area contributed by atoms with Crippen LogP contribution >= 0.6 is 0 Å². The number of methoxy groups -OCH3 is 1. The molecule has 0 aliphatic heterocycles. The molecule has 0 heterocycles. The maximum absolute atomic E-state index is 10.5. The SMILES string of the molecule is CCCCC(=NC(C)C(=O)O)OC. The molecular formula is C9H17NO3. The highest BCUT2D eigenvalue weighted by atomic mass is 16.5. The van der Waals surface area contributed by atoms with Crippen molar-refractivity contribution in [1.82, 2.24) is 0 Å². The van der Waals surface area contributed by atoms with E-state index in [1.54, 1.807) is 0 Å². The van der Waals surface area contributed by atoms with E-state index in [0.717, 1.165) is 12.8 Å². The van der Waals surface area contributed by atoms with Crippen LogP contribution < -0.4 is 0 Å². The number of aliphatic imine (C=N–C) groups is 1. The molecule has 1 N–H and O–H groups in total. The van der Waals surface area contributed by atoms with E-state index in [-0.39, 0.29) is 0 Å². The van der Waals surface area contributed by atoms with Crippen LogP contribution in [0.15, 0.2) is 4.99 Å². The largest absolute Gasteiger partial charge is 0.484 e. The Morgan fingerprint density at radius 3 is 2.62 bits per heavy atom. The summed E-state index contributed by atoms with van der Waals surface area (Å²) in [7, 11) is 1.52. The van der Waals surface area contributed by atoms with Crippen molar-refractivity contribution in [1.29, 1.82) is 0 Å². The first-order chi connectivity index (χ1) is 6.11. The summed E-state index contributed by atoms with van der Waals surface area (Å²) in [5, 5.41) is 8.59. The van der Waals surface area contributed by atoms with E-state index >= 15 is 0 Å². The highest BCUT2D eigenvalue weighted by Gasteiger charge is 2.10. The second kappa shape index (κ2) is 6.46. The molecule has 0 aliphatic rings. The van der Waals surface area contributed by atoms with E-state index in [1.807, 2.05) is 0 Å². The van der Waals surface area contributed by atoms with Crippen molar-refractivity contribution in [2.24, 2.45) is 4.99 Å². The molecule has 76 valence electrons. The van der Waals surface area contributed by atoms with Crippen molar-refractivity contribution in [2.75, 3.05) is 7.11 Å². The topological polar surface area (TPSA) is 58.9 Å². The molecule has 0 radical (unpaired) electrons. The highest BCUT2D eigenvalue weighted by Crippen LogP contribution is 2.00. The van der Waals surface area contributed by atoms with E-state index in [9.17, 15) is 4.79 Å². The lowest BCUT2D eigenvalue weighted by Crippen LogP contribution is -2.16. The molecule has 0 amide bonds. The van der Waals surface area contributed by atoms with Gasteiger partial charge in [0, 0.05) is 6.42 Å². The lowest BCUT2D eigenvalue weighted by molar-refractivity contribution is -0.138. The maximum Gasteiger partial charge on any atom is 0.328 e. The first kappa shape index (κ1) is 11.9. The third-order valence-electron chi connectivity index (χ3n) is 1.67. The van der Waals surface area contributed by atoms with Gasteiger partial charge in [-0.1, -0.05) is 13.3 Å². The number of nitrogens with zero attached hydrogens (tertiary/aromatic N) is 1. The molecule has 1 atom stereocenters. The lowest BCUT2D eigenvalue weighted by Gasteiger charge is -2.06. The fourth-order valence-electron chi connectivity index (χ4n) is 0.819. The predicted molar refractivity (Wildman–Crippen MR) is 51.1 cm³/mol. The summed E-state index contributed by atoms with van der Waals surface area (Å²) in [5.74, 6) is -0.400. The van der Waals surface area contributed by atoms with Gasteiger partial charge in [0.15, 0.2) is 5.90 Å². The van der Waals surface area contributed by atoms with Crippen LogP contribution in [0.25, 0.3) is 0 Å². The highest BCUT2D eigenvalue weighted by molar-refractivity contribution is 5.81. The maximum atomic E-state index is 10.5. The Labute approximate surface area is 78.6 Å². The van der Waals surface area contributed by atoms with Crippen LogP contribution in [0.1, 0.15) is 33.1 Å². The fraction of sp³-hybridized carbons (Fsp3) is 0.778. The number of ether oxygens (including phenoxy) is 1. The summed E-state index contributed by atoms with van der Waals surface area (Å²) >= 11 is 0. The molecule has 0 saturated heterocycles. The molecule has 1 unspecified atom stereocenters. The summed E-state index contributed by atoms with van der Waals surface area (Å²) < 4.78 is 4.96. The van der Waals surface area contributed by atoms with Crippen LogP contribution in [0.5, 0.6) is 0 Å². The van der Waals surface area contributed by atoms with Crippen LogP contribution in [-0.4, -0.2) is 30.1 Å². The molecule has 0 saturated carbocycles. The van der Waals surface area contributed by atoms with Gasteiger partial charge >= 0.3 is 5.97 Å². The molecular weight excluding hydrogens is 170 g/mol. The Bertz CT molecular complexity index is 189. The average Bonchev–Trinajstić information content (AvgIpc) is 2.11. The number of hydrogen-bond donors (Lipinski definition) is 1. The van der Waals surface area contributed by atoms with Crippen LogP contribution in [0.2, 0.25) is 0 Å². The van der Waals surface area contributed by atoms with Crippen LogP contribution in [0.3, 0.4) is 0 Å². The molecule has 0 aromatic heterocycles. The molecule has 0 aliphatic carbocycles. The van der Waals surface area contributed by atoms with Gasteiger partial charge < -0.3 is 9.84 Å². The minimum Gasteiger partial charge on any atom is -0.484 e. The van der Waals surface area contributed by atoms with Gasteiger partial charge in [0.05, 0.1) is 7.11 Å². The lowest BCUT2D eigenvalue weighted by atomic mass is 10.2. The summed E-state index contributed by atoms with van der Waals surface area (Å²) in [6, 6.07) is -0.716. The average molecular weight is 187 g/mol. The molecule has 0 spiro atoms. The molecule has 4 heteroatoms. The van der Waals surface area contributed by atoms with E-state index in [2.05, 4.69) is 11.9 Å². The number of carboxylic acid groups (broad SMARTS) is 1. The quantitative estimate of drug-likeness (QED) is 0.526. The first-order valence-corrected chi connectivity index (χ1v) is 4.45. The van der Waals surface area contributed by atoms with Crippen molar-refractivity contribution >= 4 is 11.9 Å². The number of aliphatic carboxylic acids is 1. The Kier molecular flexibility index (Phi) is 5.93. The molecule has 0 bridgehead atoms. The second-order valence-electron chi connectivity index (χ2n) is 2.84. The summed E-state index contributed by atoms with van der Waals surface area (Å²) in [6.07, 6.45) is 2.73. The molecule has 0 aromatic rings. The molecule has 0 aromatic carbocycles. The van der Waals surface area contributed by atoms with Gasteiger partial charge in [-0.2, -0.15) is 0 Å². The van der Waals surface area contributed by atoms with E-state index in [1.165, 1.54) is 14.0 Å². The number of hydrogen-bond acceptors (Lipinski definition) is 3. The van der Waals surface area contributed by atoms with Gasteiger partial charge in [-0.25, -0.2) is 9.79 Å². The Morgan fingerprint density at radius 1 is 1.62 bits per heavy atom. The van der Waals surface area contributed by atoms with Gasteiger partial charge in [0.1, 0.15) is 6.04 Å². The first-order valence-electron chi connectivity index (χ1n) is 4.45. The monoisotopic (exact) mass is 187 g/mol. The van der Waals surface area contributed by atoms with Gasteiger partial charge in [-0.15, -0.1) is 0 Å². The van der Waals surface area contributed by atoms with Gasteiger partial charge in [0.2, 0.25) is 0 Å². The van der Waals surface area contributed by atoms with E-state index < -0.39 is 12.0 Å². The molecule has 0 rings (SSSR count). The van der Waals surface area contributed by atoms with Crippen molar-refractivity contribution < 1.29 is 14.6 Å². The van der Waals surface area contributed by atoms with Crippen LogP contribution in [-0.2, 0) is 9.53 Å². The summed E-state index contributed by atoms with van der Waals surface area (Å²) in [4.78, 5) is 14.4. The van der Waals surface area contributed by atoms with Crippen molar-refractivity contribution in [3.05, 3.63) is 0 Å². The number of carbonyl (C=O) groups is 1. The Hall–Kier alpha value is -1.06. The smallest absolute Gasteiger partial charge is 0.328 e. The van der Waals surface area contributed by atoms with Crippen molar-refractivity contribution in [3.63, 3.8) is 0 Å². The van der Waals surface area contributed by atoms with Crippen LogP contribution in [0, 0.1) is 0 Å². The summed E-state index contributed by atoms with van der Waals surface area (Å²) in [6.45, 7) is 3.60. The van der Waals surface area contributed by atoms with Gasteiger partial charge in [-0.05, 0) is 13.3 Å². The summed E-state index contributed by atoms with van der Waals surface area (Å²) in [5.41, 5.74) is 0. The zero-order valence-electron chi connectivity index (χ0n) is 8.41. The fourth-order valence-corrected chi connectivity index (χ4v) is 0.819. The van der Waals surface area contributed by atoms with E-state index in [0.29, 0.717) is 12.3 Å². The van der Waals surface area contributed by atoms with Crippen molar-refractivity contribution in [2.45, 2.75) is 39.2 Å². The normalized spacial score (nSPS) is 13.9. The van der Waals surface area contributed by atoms with Crippen LogP contribution in [0.4, 0.5) is 0 Å². The number of rotatable bonds is 5. The number of unbranched alkanes of at least 4 members (excludes halogenated alkanes) is 1. The minimum absolute atomic E-state index is 0.525. The van der Waals surface area contributed by atoms with Crippen molar-refractivity contribution in [3.8, 4) is 0 Å². The third-order valence-corrected chi connectivity index (χ3v) is 1.67. The molecule has 4 nitrogen and oxygen atoms in total.